The summed E-state index contributed by atoms with van der Waals surface area (Å²) in [5, 5.41) is 5.61. The second-order valence-electron chi connectivity index (χ2n) is 4.79. The molecule has 7 nitrogen and oxygen atoms in total. The molecule has 102 valence electrons. The lowest BCUT2D eigenvalue weighted by molar-refractivity contribution is -0.118. The van der Waals surface area contributed by atoms with Crippen molar-refractivity contribution in [2.75, 3.05) is 11.9 Å². The van der Waals surface area contributed by atoms with Gasteiger partial charge in [0.2, 0.25) is 11.9 Å². The second kappa shape index (κ2) is 5.31. The zero-order valence-corrected chi connectivity index (χ0v) is 11.2. The van der Waals surface area contributed by atoms with Crippen LogP contribution in [0, 0.1) is 12.8 Å². The van der Waals surface area contributed by atoms with Gasteiger partial charge in [-0.1, -0.05) is 13.8 Å². The first-order chi connectivity index (χ1) is 8.97. The maximum absolute atomic E-state index is 11.9. The lowest BCUT2D eigenvalue weighted by Crippen LogP contribution is -2.22. The van der Waals surface area contributed by atoms with Gasteiger partial charge in [-0.3, -0.25) is 24.9 Å². The smallest absolute Gasteiger partial charge is 0.278 e. The SMILES string of the molecule is Cc1nc(NC(=O)C(C)C)[nH]c(=O)c1N=CC1CN1. The molecule has 7 heteroatoms. The number of aliphatic imine (C=N–C) groups is 1. The number of rotatable bonds is 4. The highest BCUT2D eigenvalue weighted by Gasteiger charge is 2.17. The Morgan fingerprint density at radius 3 is 2.79 bits per heavy atom. The third-order valence-electron chi connectivity index (χ3n) is 2.66. The van der Waals surface area contributed by atoms with E-state index in [4.69, 9.17) is 0 Å². The lowest BCUT2D eigenvalue weighted by atomic mass is 10.2. The van der Waals surface area contributed by atoms with Crippen LogP contribution in [-0.2, 0) is 4.79 Å². The van der Waals surface area contributed by atoms with Crippen LogP contribution in [0.1, 0.15) is 19.5 Å². The molecule has 1 fully saturated rings. The number of nitrogens with zero attached hydrogens (tertiary/aromatic N) is 2. The number of anilines is 1. The first kappa shape index (κ1) is 13.4. The molecule has 0 aromatic carbocycles. The molecule has 1 saturated heterocycles. The van der Waals surface area contributed by atoms with E-state index in [-0.39, 0.29) is 35.1 Å². The summed E-state index contributed by atoms with van der Waals surface area (Å²) in [4.78, 5) is 34.2. The Hall–Kier alpha value is -2.02. The van der Waals surface area contributed by atoms with Crippen LogP contribution in [0.25, 0.3) is 0 Å². The van der Waals surface area contributed by atoms with Gasteiger partial charge in [-0.25, -0.2) is 4.98 Å². The predicted octanol–water partition coefficient (Wildman–Crippen LogP) is 0.347. The van der Waals surface area contributed by atoms with E-state index in [9.17, 15) is 9.59 Å². The number of aromatic amines is 1. The first-order valence-corrected chi connectivity index (χ1v) is 6.16. The summed E-state index contributed by atoms with van der Waals surface area (Å²) in [6.07, 6.45) is 1.69. The molecule has 19 heavy (non-hydrogen) atoms. The van der Waals surface area contributed by atoms with Gasteiger partial charge in [-0.15, -0.1) is 0 Å². The molecule has 0 saturated carbocycles. The van der Waals surface area contributed by atoms with Crippen LogP contribution in [0.5, 0.6) is 0 Å². The van der Waals surface area contributed by atoms with Crippen LogP contribution in [0.15, 0.2) is 9.79 Å². The first-order valence-electron chi connectivity index (χ1n) is 6.16. The fraction of sp³-hybridized carbons (Fsp3) is 0.500. The van der Waals surface area contributed by atoms with Gasteiger partial charge in [0.05, 0.1) is 11.7 Å². The third kappa shape index (κ3) is 3.47. The minimum atomic E-state index is -0.358. The van der Waals surface area contributed by atoms with Gasteiger partial charge in [0.1, 0.15) is 5.69 Å². The van der Waals surface area contributed by atoms with E-state index < -0.39 is 0 Å². The molecule has 1 atom stereocenters. The van der Waals surface area contributed by atoms with E-state index in [1.807, 2.05) is 0 Å². The molecule has 3 N–H and O–H groups in total. The van der Waals surface area contributed by atoms with Gasteiger partial charge in [0.25, 0.3) is 5.56 Å². The number of hydrogen-bond acceptors (Lipinski definition) is 5. The zero-order chi connectivity index (χ0) is 14.0. The monoisotopic (exact) mass is 263 g/mol. The molecule has 1 aromatic rings. The Kier molecular flexibility index (Phi) is 3.75. The number of amides is 1. The number of hydrogen-bond donors (Lipinski definition) is 3. The summed E-state index contributed by atoms with van der Waals surface area (Å²) >= 11 is 0. The van der Waals surface area contributed by atoms with Crippen LogP contribution in [0.2, 0.25) is 0 Å². The largest absolute Gasteiger partial charge is 0.306 e. The van der Waals surface area contributed by atoms with Crippen molar-refractivity contribution in [2.24, 2.45) is 10.9 Å². The molecule has 0 radical (unpaired) electrons. The maximum Gasteiger partial charge on any atom is 0.278 e. The van der Waals surface area contributed by atoms with Crippen LogP contribution in [-0.4, -0.2) is 34.7 Å². The summed E-state index contributed by atoms with van der Waals surface area (Å²) in [5.41, 5.74) is 0.402. The van der Waals surface area contributed by atoms with Crippen molar-refractivity contribution in [2.45, 2.75) is 26.8 Å². The topological polar surface area (TPSA) is 109 Å². The molecule has 1 aromatic heterocycles. The number of H-pyrrole nitrogens is 1. The van der Waals surface area contributed by atoms with Gasteiger partial charge in [0, 0.05) is 18.7 Å². The standard InChI is InChI=1S/C12H17N5O2/c1-6(2)10(18)16-12-15-7(3)9(11(19)17-12)14-5-8-4-13-8/h5-6,8,13H,4H2,1-3H3,(H2,15,16,17,18,19). The Morgan fingerprint density at radius 2 is 2.26 bits per heavy atom. The highest BCUT2D eigenvalue weighted by Crippen LogP contribution is 2.12. The quantitative estimate of drug-likeness (QED) is 0.537. The average molecular weight is 263 g/mol. The molecule has 1 unspecified atom stereocenters. The van der Waals surface area contributed by atoms with Crippen molar-refractivity contribution in [3.8, 4) is 0 Å². The molecule has 1 amide bonds. The highest BCUT2D eigenvalue weighted by molar-refractivity contribution is 5.90. The summed E-state index contributed by atoms with van der Waals surface area (Å²) in [5.74, 6) is -0.213. The van der Waals surface area contributed by atoms with Gasteiger partial charge < -0.3 is 5.32 Å². The van der Waals surface area contributed by atoms with Crippen molar-refractivity contribution in [1.82, 2.24) is 15.3 Å². The van der Waals surface area contributed by atoms with Crippen LogP contribution in [0.4, 0.5) is 11.6 Å². The van der Waals surface area contributed by atoms with Gasteiger partial charge >= 0.3 is 0 Å². The molecule has 0 bridgehead atoms. The van der Waals surface area contributed by atoms with Crippen molar-refractivity contribution in [1.29, 1.82) is 0 Å². The Balaban J connectivity index is 2.20. The normalized spacial score (nSPS) is 18.0. The van der Waals surface area contributed by atoms with E-state index in [1.165, 1.54) is 0 Å². The highest BCUT2D eigenvalue weighted by atomic mass is 16.2. The summed E-state index contributed by atoms with van der Waals surface area (Å²) in [6, 6.07) is 0.249. The fourth-order valence-corrected chi connectivity index (χ4v) is 1.39. The van der Waals surface area contributed by atoms with E-state index in [0.717, 1.165) is 6.54 Å². The van der Waals surface area contributed by atoms with Crippen molar-refractivity contribution in [3.05, 3.63) is 16.0 Å². The maximum atomic E-state index is 11.9. The van der Waals surface area contributed by atoms with Crippen LogP contribution >= 0.6 is 0 Å². The van der Waals surface area contributed by atoms with Crippen molar-refractivity contribution in [3.63, 3.8) is 0 Å². The van der Waals surface area contributed by atoms with Crippen molar-refractivity contribution < 1.29 is 4.79 Å². The van der Waals surface area contributed by atoms with Gasteiger partial charge in [-0.05, 0) is 6.92 Å². The van der Waals surface area contributed by atoms with Crippen LogP contribution in [0.3, 0.4) is 0 Å². The molecule has 2 rings (SSSR count). The summed E-state index contributed by atoms with van der Waals surface area (Å²) in [7, 11) is 0. The average Bonchev–Trinajstić information content (AvgIpc) is 3.11. The van der Waals surface area contributed by atoms with E-state index in [2.05, 4.69) is 25.6 Å². The lowest BCUT2D eigenvalue weighted by Gasteiger charge is -2.07. The number of aromatic nitrogens is 2. The van der Waals surface area contributed by atoms with E-state index in [0.29, 0.717) is 5.69 Å². The number of nitrogens with one attached hydrogen (secondary N) is 3. The number of carbonyl (C=O) groups is 1. The minimum Gasteiger partial charge on any atom is -0.306 e. The van der Waals surface area contributed by atoms with E-state index >= 15 is 0 Å². The zero-order valence-electron chi connectivity index (χ0n) is 11.2. The second-order valence-corrected chi connectivity index (χ2v) is 4.79. The number of aryl methyl sites for hydroxylation is 1. The molecule has 2 heterocycles. The summed E-state index contributed by atoms with van der Waals surface area (Å²) < 4.78 is 0. The summed E-state index contributed by atoms with van der Waals surface area (Å²) in [6.45, 7) is 6.10. The fourth-order valence-electron chi connectivity index (χ4n) is 1.39. The minimum absolute atomic E-state index is 0.157. The van der Waals surface area contributed by atoms with Crippen molar-refractivity contribution >= 4 is 23.8 Å². The Bertz CT molecular complexity index is 572. The molecule has 1 aliphatic heterocycles. The number of carbonyl (C=O) groups excluding carboxylic acids is 1. The molecule has 0 aliphatic carbocycles. The Morgan fingerprint density at radius 1 is 1.58 bits per heavy atom. The van der Waals surface area contributed by atoms with E-state index in [1.54, 1.807) is 27.0 Å². The predicted molar refractivity (Wildman–Crippen MR) is 73.0 cm³/mol. The molecular formula is C12H17N5O2. The third-order valence-corrected chi connectivity index (χ3v) is 2.66. The van der Waals surface area contributed by atoms with Gasteiger partial charge in [-0.2, -0.15) is 0 Å². The van der Waals surface area contributed by atoms with Crippen LogP contribution < -0.4 is 16.2 Å². The van der Waals surface area contributed by atoms with Gasteiger partial charge in [0.15, 0.2) is 0 Å². The molecular weight excluding hydrogens is 246 g/mol. The Labute approximate surface area is 110 Å². The molecule has 0 spiro atoms. The molecule has 1 aliphatic rings.